The fourth-order valence-corrected chi connectivity index (χ4v) is 3.52. The molecule has 22 heavy (non-hydrogen) atoms. The molecule has 1 aromatic heterocycles. The van der Waals surface area contributed by atoms with E-state index in [0.717, 1.165) is 4.31 Å². The summed E-state index contributed by atoms with van der Waals surface area (Å²) in [4.78, 5) is 16.2. The van der Waals surface area contributed by atoms with E-state index < -0.39 is 15.9 Å². The molecule has 0 saturated carbocycles. The molecule has 0 saturated heterocycles. The number of pyridine rings is 1. The number of aromatic nitrogens is 1. The number of carbonyl (C=O) groups excluding carboxylic acids is 1. The lowest BCUT2D eigenvalue weighted by atomic mass is 10.2. The molecule has 8 heteroatoms. The van der Waals surface area contributed by atoms with E-state index in [1.54, 1.807) is 24.4 Å². The fraction of sp³-hybridized carbons (Fsp3) is 0.143. The van der Waals surface area contributed by atoms with Crippen LogP contribution in [0, 0.1) is 0 Å². The molecule has 0 radical (unpaired) electrons. The van der Waals surface area contributed by atoms with E-state index in [0.29, 0.717) is 10.2 Å². The summed E-state index contributed by atoms with van der Waals surface area (Å²) in [5.74, 6) is -0.407. The Morgan fingerprint density at radius 3 is 2.59 bits per heavy atom. The van der Waals surface area contributed by atoms with Crippen LogP contribution in [0.5, 0.6) is 0 Å². The van der Waals surface area contributed by atoms with Crippen LogP contribution in [0.4, 0.5) is 5.69 Å². The first-order valence-corrected chi connectivity index (χ1v) is 8.49. The van der Waals surface area contributed by atoms with Crippen LogP contribution in [0.2, 0.25) is 0 Å². The molecule has 6 nitrogen and oxygen atoms in total. The van der Waals surface area contributed by atoms with Gasteiger partial charge in [-0.1, -0.05) is 0 Å². The van der Waals surface area contributed by atoms with Gasteiger partial charge in [-0.05, 0) is 46.3 Å². The van der Waals surface area contributed by atoms with Gasteiger partial charge >= 0.3 is 0 Å². The fourth-order valence-electron chi connectivity index (χ4n) is 1.68. The van der Waals surface area contributed by atoms with Crippen LogP contribution in [-0.2, 0) is 10.0 Å². The van der Waals surface area contributed by atoms with Gasteiger partial charge in [-0.25, -0.2) is 12.7 Å². The molecule has 1 amide bonds. The molecule has 0 aliphatic carbocycles. The van der Waals surface area contributed by atoms with Crippen molar-refractivity contribution in [3.8, 4) is 0 Å². The van der Waals surface area contributed by atoms with E-state index in [4.69, 9.17) is 0 Å². The summed E-state index contributed by atoms with van der Waals surface area (Å²) in [5, 5.41) is 2.66. The third-order valence-corrected chi connectivity index (χ3v) is 5.68. The maximum atomic E-state index is 12.2. The highest BCUT2D eigenvalue weighted by molar-refractivity contribution is 9.10. The van der Waals surface area contributed by atoms with E-state index >= 15 is 0 Å². The van der Waals surface area contributed by atoms with Crippen LogP contribution in [0.3, 0.4) is 0 Å². The van der Waals surface area contributed by atoms with Gasteiger partial charge < -0.3 is 5.32 Å². The summed E-state index contributed by atoms with van der Waals surface area (Å²) in [6.45, 7) is 0. The van der Waals surface area contributed by atoms with Gasteiger partial charge in [0.2, 0.25) is 10.0 Å². The highest BCUT2D eigenvalue weighted by Gasteiger charge is 2.22. The van der Waals surface area contributed by atoms with Crippen molar-refractivity contribution in [2.75, 3.05) is 19.4 Å². The smallest absolute Gasteiger partial charge is 0.255 e. The van der Waals surface area contributed by atoms with Crippen LogP contribution in [-0.4, -0.2) is 37.7 Å². The van der Waals surface area contributed by atoms with Crippen molar-refractivity contribution in [1.82, 2.24) is 9.29 Å². The molecule has 116 valence electrons. The van der Waals surface area contributed by atoms with Gasteiger partial charge in [0.25, 0.3) is 5.91 Å². The molecular formula is C14H14BrN3O3S. The number of anilines is 1. The molecule has 1 aromatic carbocycles. The average Bonchev–Trinajstić information content (AvgIpc) is 2.48. The van der Waals surface area contributed by atoms with Crippen molar-refractivity contribution in [2.24, 2.45) is 0 Å². The lowest BCUT2D eigenvalue weighted by molar-refractivity contribution is 0.102. The number of nitrogens with zero attached hydrogens (tertiary/aromatic N) is 2. The van der Waals surface area contributed by atoms with Gasteiger partial charge in [0.05, 0.1) is 16.8 Å². The predicted octanol–water partition coefficient (Wildman–Crippen LogP) is 2.35. The molecule has 0 aliphatic rings. The Labute approximate surface area is 137 Å². The predicted molar refractivity (Wildman–Crippen MR) is 87.2 cm³/mol. The minimum atomic E-state index is -3.64. The van der Waals surface area contributed by atoms with E-state index in [1.807, 2.05) is 0 Å². The molecule has 1 heterocycles. The van der Waals surface area contributed by atoms with Gasteiger partial charge in [-0.3, -0.25) is 9.78 Å². The number of halogens is 1. The molecule has 0 spiro atoms. The highest BCUT2D eigenvalue weighted by atomic mass is 79.9. The van der Waals surface area contributed by atoms with Crippen LogP contribution in [0.15, 0.2) is 52.1 Å². The molecule has 0 unspecified atom stereocenters. The van der Waals surface area contributed by atoms with Crippen LogP contribution >= 0.6 is 15.9 Å². The first kappa shape index (κ1) is 16.6. The third kappa shape index (κ3) is 3.52. The van der Waals surface area contributed by atoms with Crippen LogP contribution < -0.4 is 5.32 Å². The van der Waals surface area contributed by atoms with Gasteiger partial charge in [-0.15, -0.1) is 0 Å². The SMILES string of the molecule is CN(C)S(=O)(=O)c1cc(C(=O)Nc2cccnc2)ccc1Br. The Kier molecular flexibility index (Phi) is 4.94. The number of hydrogen-bond donors (Lipinski definition) is 1. The Bertz CT molecular complexity index is 792. The van der Waals surface area contributed by atoms with Crippen molar-refractivity contribution in [1.29, 1.82) is 0 Å². The molecule has 1 N–H and O–H groups in total. The van der Waals surface area contributed by atoms with E-state index in [1.165, 1.54) is 32.4 Å². The number of rotatable bonds is 4. The van der Waals surface area contributed by atoms with E-state index in [2.05, 4.69) is 26.2 Å². The van der Waals surface area contributed by atoms with Crippen molar-refractivity contribution in [3.05, 3.63) is 52.8 Å². The Balaban J connectivity index is 2.36. The maximum Gasteiger partial charge on any atom is 0.255 e. The number of amides is 1. The second kappa shape index (κ2) is 6.55. The number of nitrogens with one attached hydrogen (secondary N) is 1. The Morgan fingerprint density at radius 2 is 2.00 bits per heavy atom. The quantitative estimate of drug-likeness (QED) is 0.878. The summed E-state index contributed by atoms with van der Waals surface area (Å²) < 4.78 is 26.0. The second-order valence-corrected chi connectivity index (χ2v) is 7.60. The lowest BCUT2D eigenvalue weighted by Crippen LogP contribution is -2.23. The minimum absolute atomic E-state index is 0.0383. The van der Waals surface area contributed by atoms with E-state index in [-0.39, 0.29) is 10.5 Å². The summed E-state index contributed by atoms with van der Waals surface area (Å²) in [5.41, 5.74) is 0.778. The standard InChI is InChI=1S/C14H14BrN3O3S/c1-18(2)22(20,21)13-8-10(5-6-12(13)15)14(19)17-11-4-3-7-16-9-11/h3-9H,1-2H3,(H,17,19). The molecule has 2 aromatic rings. The Hall–Kier alpha value is -1.77. The zero-order valence-corrected chi connectivity index (χ0v) is 14.3. The highest BCUT2D eigenvalue weighted by Crippen LogP contribution is 2.25. The summed E-state index contributed by atoms with van der Waals surface area (Å²) >= 11 is 3.20. The molecule has 0 fully saturated rings. The van der Waals surface area contributed by atoms with Crippen molar-refractivity contribution in [2.45, 2.75) is 4.90 Å². The summed E-state index contributed by atoms with van der Waals surface area (Å²) in [6.07, 6.45) is 3.10. The summed E-state index contributed by atoms with van der Waals surface area (Å²) in [7, 11) is -0.773. The normalized spacial score (nSPS) is 11.5. The molecule has 0 bridgehead atoms. The number of carbonyl (C=O) groups is 1. The van der Waals surface area contributed by atoms with Gasteiger partial charge in [0, 0.05) is 30.3 Å². The van der Waals surface area contributed by atoms with E-state index in [9.17, 15) is 13.2 Å². The van der Waals surface area contributed by atoms with Crippen molar-refractivity contribution < 1.29 is 13.2 Å². The average molecular weight is 384 g/mol. The topological polar surface area (TPSA) is 79.4 Å². The zero-order chi connectivity index (χ0) is 16.3. The molecule has 2 rings (SSSR count). The zero-order valence-electron chi connectivity index (χ0n) is 11.9. The maximum absolute atomic E-state index is 12.2. The largest absolute Gasteiger partial charge is 0.321 e. The first-order chi connectivity index (χ1) is 10.3. The van der Waals surface area contributed by atoms with Crippen molar-refractivity contribution >= 4 is 37.5 Å². The minimum Gasteiger partial charge on any atom is -0.321 e. The Morgan fingerprint density at radius 1 is 1.27 bits per heavy atom. The molecule has 0 aliphatic heterocycles. The van der Waals surface area contributed by atoms with Crippen LogP contribution in [0.1, 0.15) is 10.4 Å². The van der Waals surface area contributed by atoms with Crippen LogP contribution in [0.25, 0.3) is 0 Å². The second-order valence-electron chi connectivity index (χ2n) is 4.63. The van der Waals surface area contributed by atoms with Crippen molar-refractivity contribution in [3.63, 3.8) is 0 Å². The van der Waals surface area contributed by atoms with Gasteiger partial charge in [-0.2, -0.15) is 0 Å². The number of hydrogen-bond acceptors (Lipinski definition) is 4. The number of benzene rings is 1. The monoisotopic (exact) mass is 383 g/mol. The molecule has 0 atom stereocenters. The van der Waals surface area contributed by atoms with Gasteiger partial charge in [0.1, 0.15) is 0 Å². The first-order valence-electron chi connectivity index (χ1n) is 6.26. The molecular weight excluding hydrogens is 370 g/mol. The third-order valence-electron chi connectivity index (χ3n) is 2.87. The van der Waals surface area contributed by atoms with Gasteiger partial charge in [0.15, 0.2) is 0 Å². The summed E-state index contributed by atoms with van der Waals surface area (Å²) in [6, 6.07) is 7.81. The number of sulfonamides is 1. The lowest BCUT2D eigenvalue weighted by Gasteiger charge is -2.14.